The van der Waals surface area contributed by atoms with Crippen LogP contribution in [0.15, 0.2) is 48.0 Å². The highest BCUT2D eigenvalue weighted by Gasteiger charge is 2.43. The van der Waals surface area contributed by atoms with Crippen molar-refractivity contribution in [3.8, 4) is 11.5 Å². The third-order valence-electron chi connectivity index (χ3n) is 7.26. The van der Waals surface area contributed by atoms with Crippen LogP contribution in [0.1, 0.15) is 41.6 Å². The standard InChI is InChI=1S/C29H32ClIN2O7/c1-39-25-12-18(16-35)11-22(31)27(25)40-24-14-20(28(37)32-9-10-34)13-23(26(24)36)33(29(38)19-3-2-4-19)15-17-5-7-21(30)8-6-17/h5-8,11-12,14,16,19,23-24,26,34,36H,2-4,9-10,13,15H2,1H3,(H,32,37). The summed E-state index contributed by atoms with van der Waals surface area (Å²) in [5.74, 6) is -0.0390. The predicted octanol–water partition coefficient (Wildman–Crippen LogP) is 3.51. The number of halogens is 2. The van der Waals surface area contributed by atoms with E-state index in [0.717, 1.165) is 24.8 Å². The van der Waals surface area contributed by atoms with Gasteiger partial charge in [0.2, 0.25) is 11.8 Å². The molecule has 1 fully saturated rings. The van der Waals surface area contributed by atoms with Gasteiger partial charge in [-0.05, 0) is 71.3 Å². The minimum absolute atomic E-state index is 0.0588. The highest BCUT2D eigenvalue weighted by atomic mass is 127. The maximum Gasteiger partial charge on any atom is 0.247 e. The van der Waals surface area contributed by atoms with Crippen molar-refractivity contribution in [1.29, 1.82) is 0 Å². The number of methoxy groups -OCH3 is 1. The van der Waals surface area contributed by atoms with Crippen LogP contribution >= 0.6 is 34.2 Å². The molecule has 3 unspecified atom stereocenters. The van der Waals surface area contributed by atoms with Crippen LogP contribution in [0, 0.1) is 9.49 Å². The molecule has 2 aliphatic rings. The molecule has 0 saturated heterocycles. The monoisotopic (exact) mass is 682 g/mol. The van der Waals surface area contributed by atoms with Crippen molar-refractivity contribution < 1.29 is 34.1 Å². The molecule has 0 bridgehead atoms. The lowest BCUT2D eigenvalue weighted by Gasteiger charge is -2.43. The number of carbonyl (C=O) groups is 3. The van der Waals surface area contributed by atoms with Gasteiger partial charge in [0.15, 0.2) is 11.5 Å². The van der Waals surface area contributed by atoms with Crippen molar-refractivity contribution in [2.45, 2.75) is 50.5 Å². The first kappa shape index (κ1) is 30.3. The fourth-order valence-electron chi connectivity index (χ4n) is 4.87. The van der Waals surface area contributed by atoms with E-state index in [-0.39, 0.29) is 37.9 Å². The number of rotatable bonds is 11. The van der Waals surface area contributed by atoms with E-state index >= 15 is 0 Å². The van der Waals surface area contributed by atoms with Crippen LogP contribution in [0.2, 0.25) is 5.02 Å². The summed E-state index contributed by atoms with van der Waals surface area (Å²) in [6.45, 7) is 0.0526. The second-order valence-corrected chi connectivity index (χ2v) is 11.5. The zero-order valence-electron chi connectivity index (χ0n) is 22.0. The van der Waals surface area contributed by atoms with Gasteiger partial charge in [-0.15, -0.1) is 0 Å². The summed E-state index contributed by atoms with van der Waals surface area (Å²) < 4.78 is 12.3. The topological polar surface area (TPSA) is 125 Å². The molecule has 2 aromatic rings. The largest absolute Gasteiger partial charge is 0.493 e. The first-order valence-corrected chi connectivity index (χ1v) is 14.5. The fourth-order valence-corrected chi connectivity index (χ4v) is 5.75. The van der Waals surface area contributed by atoms with Crippen LogP contribution in [-0.2, 0) is 16.1 Å². The number of nitrogens with one attached hydrogen (secondary N) is 1. The molecular weight excluding hydrogens is 651 g/mol. The number of aliphatic hydroxyl groups excluding tert-OH is 2. The van der Waals surface area contributed by atoms with Crippen LogP contribution < -0.4 is 14.8 Å². The van der Waals surface area contributed by atoms with Crippen LogP contribution in [-0.4, -0.2) is 71.7 Å². The summed E-state index contributed by atoms with van der Waals surface area (Å²) in [6, 6.07) is 9.55. The van der Waals surface area contributed by atoms with Gasteiger partial charge < -0.3 is 29.9 Å². The van der Waals surface area contributed by atoms with E-state index in [4.69, 9.17) is 21.1 Å². The molecule has 0 aromatic heterocycles. The van der Waals surface area contributed by atoms with Crippen LogP contribution in [0.25, 0.3) is 0 Å². The second kappa shape index (κ2) is 13.8. The molecule has 11 heteroatoms. The minimum atomic E-state index is -1.18. The predicted molar refractivity (Wildman–Crippen MR) is 157 cm³/mol. The zero-order chi connectivity index (χ0) is 28.8. The van der Waals surface area contributed by atoms with Gasteiger partial charge in [-0.25, -0.2) is 0 Å². The van der Waals surface area contributed by atoms with Crippen molar-refractivity contribution in [1.82, 2.24) is 10.2 Å². The van der Waals surface area contributed by atoms with Crippen molar-refractivity contribution in [2.24, 2.45) is 5.92 Å². The molecule has 214 valence electrons. The first-order valence-electron chi connectivity index (χ1n) is 13.1. The average molecular weight is 683 g/mol. The van der Waals surface area contributed by atoms with Gasteiger partial charge >= 0.3 is 0 Å². The summed E-state index contributed by atoms with van der Waals surface area (Å²) in [6.07, 6.45) is 2.66. The number of nitrogens with zero attached hydrogens (tertiary/aromatic N) is 1. The van der Waals surface area contributed by atoms with Gasteiger partial charge in [-0.3, -0.25) is 14.4 Å². The number of hydrogen-bond acceptors (Lipinski definition) is 7. The van der Waals surface area contributed by atoms with Crippen LogP contribution in [0.4, 0.5) is 0 Å². The molecule has 40 heavy (non-hydrogen) atoms. The molecule has 2 aliphatic carbocycles. The lowest BCUT2D eigenvalue weighted by atomic mass is 9.82. The Labute approximate surface area is 251 Å². The van der Waals surface area contributed by atoms with Gasteiger partial charge in [0.1, 0.15) is 18.5 Å². The number of benzene rings is 2. The number of amides is 2. The molecular formula is C29H32ClIN2O7. The summed E-state index contributed by atoms with van der Waals surface area (Å²) in [5, 5.41) is 24.1. The van der Waals surface area contributed by atoms with E-state index < -0.39 is 24.2 Å². The van der Waals surface area contributed by atoms with E-state index in [1.165, 1.54) is 13.2 Å². The summed E-state index contributed by atoms with van der Waals surface area (Å²) >= 11 is 8.09. The Morgan fingerprint density at radius 1 is 1.23 bits per heavy atom. The molecule has 0 spiro atoms. The molecule has 3 atom stereocenters. The third-order valence-corrected chi connectivity index (χ3v) is 8.31. The molecule has 0 radical (unpaired) electrons. The molecule has 3 N–H and O–H groups in total. The van der Waals surface area contributed by atoms with Crippen LogP contribution in [0.3, 0.4) is 0 Å². The Kier molecular flexibility index (Phi) is 10.4. The molecule has 0 heterocycles. The van der Waals surface area contributed by atoms with Gasteiger partial charge in [0.05, 0.1) is 23.3 Å². The van der Waals surface area contributed by atoms with Gasteiger partial charge in [-0.1, -0.05) is 30.2 Å². The number of aliphatic hydroxyl groups is 2. The summed E-state index contributed by atoms with van der Waals surface area (Å²) in [5.41, 5.74) is 1.56. The van der Waals surface area contributed by atoms with Crippen molar-refractivity contribution in [3.05, 3.63) is 67.8 Å². The van der Waals surface area contributed by atoms with Gasteiger partial charge in [0.25, 0.3) is 0 Å². The Balaban J connectivity index is 1.72. The van der Waals surface area contributed by atoms with E-state index in [0.29, 0.717) is 37.5 Å². The van der Waals surface area contributed by atoms with E-state index in [1.807, 2.05) is 34.7 Å². The quantitative estimate of drug-likeness (QED) is 0.245. The Morgan fingerprint density at radius 3 is 2.55 bits per heavy atom. The van der Waals surface area contributed by atoms with E-state index in [1.54, 1.807) is 29.2 Å². The Morgan fingerprint density at radius 2 is 1.95 bits per heavy atom. The first-order chi connectivity index (χ1) is 19.2. The number of carbonyl (C=O) groups excluding carboxylic acids is 3. The average Bonchev–Trinajstić information content (AvgIpc) is 2.92. The highest BCUT2D eigenvalue weighted by molar-refractivity contribution is 14.1. The van der Waals surface area contributed by atoms with E-state index in [2.05, 4.69) is 5.32 Å². The number of hydrogen-bond donors (Lipinski definition) is 3. The third kappa shape index (κ3) is 6.96. The van der Waals surface area contributed by atoms with Gasteiger partial charge in [0, 0.05) is 41.6 Å². The maximum atomic E-state index is 13.7. The SMILES string of the molecule is COc1cc(C=O)cc(I)c1OC1C=C(C(=O)NCCO)CC(N(Cc2ccc(Cl)cc2)C(=O)C2CCC2)C1O. The number of ether oxygens (including phenoxy) is 2. The fraction of sp³-hybridized carbons (Fsp3) is 0.414. The molecule has 0 aliphatic heterocycles. The molecule has 9 nitrogen and oxygen atoms in total. The molecule has 4 rings (SSSR count). The number of aldehydes is 1. The smallest absolute Gasteiger partial charge is 0.247 e. The lowest BCUT2D eigenvalue weighted by Crippen LogP contribution is -2.56. The Bertz CT molecular complexity index is 1270. The molecule has 2 aromatic carbocycles. The van der Waals surface area contributed by atoms with Crippen molar-refractivity contribution in [2.75, 3.05) is 20.3 Å². The molecule has 2 amide bonds. The highest BCUT2D eigenvalue weighted by Crippen LogP contribution is 2.38. The van der Waals surface area contributed by atoms with E-state index in [9.17, 15) is 24.6 Å². The van der Waals surface area contributed by atoms with Crippen molar-refractivity contribution in [3.63, 3.8) is 0 Å². The normalized spacial score (nSPS) is 20.6. The summed E-state index contributed by atoms with van der Waals surface area (Å²) in [7, 11) is 1.45. The lowest BCUT2D eigenvalue weighted by molar-refractivity contribution is -0.146. The molecule has 1 saturated carbocycles. The van der Waals surface area contributed by atoms with Crippen LogP contribution in [0.5, 0.6) is 11.5 Å². The second-order valence-electron chi connectivity index (χ2n) is 9.89. The van der Waals surface area contributed by atoms with Crippen molar-refractivity contribution >= 4 is 52.3 Å². The zero-order valence-corrected chi connectivity index (χ0v) is 24.9. The minimum Gasteiger partial charge on any atom is -0.493 e. The maximum absolute atomic E-state index is 13.7. The van der Waals surface area contributed by atoms with Gasteiger partial charge in [-0.2, -0.15) is 0 Å². The summed E-state index contributed by atoms with van der Waals surface area (Å²) in [4.78, 5) is 39.8. The Hall–Kier alpha value is -2.67.